The van der Waals surface area contributed by atoms with Gasteiger partial charge in [-0.15, -0.1) is 18.3 Å². The van der Waals surface area contributed by atoms with Crippen LogP contribution in [0.2, 0.25) is 0 Å². The van der Waals surface area contributed by atoms with E-state index >= 15 is 0 Å². The van der Waals surface area contributed by atoms with Crippen LogP contribution in [0.15, 0.2) is 71.0 Å². The van der Waals surface area contributed by atoms with E-state index < -0.39 is 16.0 Å². The summed E-state index contributed by atoms with van der Waals surface area (Å²) in [6, 6.07) is 12.1. The number of carbonyl (C=O) groups is 1. The van der Waals surface area contributed by atoms with Crippen molar-refractivity contribution >= 4 is 33.4 Å². The van der Waals surface area contributed by atoms with Crippen molar-refractivity contribution < 1.29 is 18.3 Å². The number of hydrogen-bond donors (Lipinski definition) is 2. The largest absolute Gasteiger partial charge is 0.478 e. The lowest BCUT2D eigenvalue weighted by Crippen LogP contribution is -2.13. The van der Waals surface area contributed by atoms with Gasteiger partial charge in [-0.3, -0.25) is 4.72 Å². The second kappa shape index (κ2) is 7.34. The molecule has 7 heteroatoms. The highest BCUT2D eigenvalue weighted by Gasteiger charge is 2.16. The normalized spacial score (nSPS) is 11.0. The Morgan fingerprint density at radius 1 is 1.17 bits per heavy atom. The summed E-state index contributed by atoms with van der Waals surface area (Å²) in [6.45, 7) is 3.64. The molecule has 0 aliphatic heterocycles. The molecule has 0 fully saturated rings. The Labute approximate surface area is 139 Å². The molecular formula is C16H15NO4S2. The van der Waals surface area contributed by atoms with Crippen LogP contribution in [0.1, 0.15) is 10.4 Å². The molecule has 0 bridgehead atoms. The van der Waals surface area contributed by atoms with Gasteiger partial charge in [0.05, 0.1) is 16.1 Å². The van der Waals surface area contributed by atoms with E-state index in [-0.39, 0.29) is 10.5 Å². The van der Waals surface area contributed by atoms with Gasteiger partial charge in [0.1, 0.15) is 0 Å². The number of carboxylic acid groups (broad SMARTS) is 1. The van der Waals surface area contributed by atoms with E-state index in [1.54, 1.807) is 18.2 Å². The molecule has 2 aromatic carbocycles. The Balaban J connectivity index is 2.27. The minimum absolute atomic E-state index is 0.00558. The van der Waals surface area contributed by atoms with E-state index in [1.807, 2.05) is 12.1 Å². The lowest BCUT2D eigenvalue weighted by atomic mass is 10.2. The Hall–Kier alpha value is -2.25. The fourth-order valence-electron chi connectivity index (χ4n) is 1.81. The molecule has 0 saturated carbocycles. The molecule has 0 aliphatic carbocycles. The fourth-order valence-corrected chi connectivity index (χ4v) is 3.70. The van der Waals surface area contributed by atoms with Gasteiger partial charge in [0.25, 0.3) is 10.0 Å². The predicted octanol–water partition coefficient (Wildman–Crippen LogP) is 3.46. The van der Waals surface area contributed by atoms with E-state index in [0.717, 1.165) is 4.90 Å². The molecule has 0 spiro atoms. The second-order valence-corrected chi connectivity index (χ2v) is 7.28. The molecule has 120 valence electrons. The maximum Gasteiger partial charge on any atom is 0.335 e. The van der Waals surface area contributed by atoms with Crippen molar-refractivity contribution in [1.29, 1.82) is 0 Å². The van der Waals surface area contributed by atoms with Gasteiger partial charge in [-0.05, 0) is 36.4 Å². The Kier molecular flexibility index (Phi) is 5.46. The second-order valence-electron chi connectivity index (χ2n) is 4.53. The third kappa shape index (κ3) is 4.37. The van der Waals surface area contributed by atoms with Crippen molar-refractivity contribution in [3.8, 4) is 0 Å². The Morgan fingerprint density at radius 2 is 1.83 bits per heavy atom. The summed E-state index contributed by atoms with van der Waals surface area (Å²) in [5.74, 6) is -0.445. The molecule has 5 nitrogen and oxygen atoms in total. The third-order valence-corrected chi connectivity index (χ3v) is 5.35. The number of carboxylic acids is 1. The lowest BCUT2D eigenvalue weighted by Gasteiger charge is -2.12. The number of para-hydroxylation sites is 1. The zero-order chi connectivity index (χ0) is 16.9. The van der Waals surface area contributed by atoms with Crippen molar-refractivity contribution in [3.05, 3.63) is 66.7 Å². The standard InChI is InChI=1S/C16H15NO4S2/c1-2-11-22-15-6-4-3-5-14(15)17-23(20,21)13-9-7-12(8-10-13)16(18)19/h2-10,17H,1,11H2,(H,18,19). The van der Waals surface area contributed by atoms with Gasteiger partial charge in [0.2, 0.25) is 0 Å². The maximum atomic E-state index is 12.4. The van der Waals surface area contributed by atoms with Crippen LogP contribution in [0.4, 0.5) is 5.69 Å². The third-order valence-electron chi connectivity index (χ3n) is 2.90. The zero-order valence-electron chi connectivity index (χ0n) is 12.1. The molecule has 2 aromatic rings. The SMILES string of the molecule is C=CCSc1ccccc1NS(=O)(=O)c1ccc(C(=O)O)cc1. The van der Waals surface area contributed by atoms with Gasteiger partial charge in [-0.1, -0.05) is 18.2 Å². The van der Waals surface area contributed by atoms with Crippen molar-refractivity contribution in [1.82, 2.24) is 0 Å². The van der Waals surface area contributed by atoms with Gasteiger partial charge in [0, 0.05) is 10.6 Å². The monoisotopic (exact) mass is 349 g/mol. The van der Waals surface area contributed by atoms with Crippen LogP contribution in [-0.2, 0) is 10.0 Å². The van der Waals surface area contributed by atoms with Crippen LogP contribution in [0.3, 0.4) is 0 Å². The minimum atomic E-state index is -3.79. The number of benzene rings is 2. The van der Waals surface area contributed by atoms with Gasteiger partial charge in [-0.25, -0.2) is 13.2 Å². The van der Waals surface area contributed by atoms with Crippen molar-refractivity contribution in [2.75, 3.05) is 10.5 Å². The quantitative estimate of drug-likeness (QED) is 0.591. The topological polar surface area (TPSA) is 83.5 Å². The molecule has 0 radical (unpaired) electrons. The lowest BCUT2D eigenvalue weighted by molar-refractivity contribution is 0.0696. The summed E-state index contributed by atoms with van der Waals surface area (Å²) in [6.07, 6.45) is 1.74. The van der Waals surface area contributed by atoms with Gasteiger partial charge in [0.15, 0.2) is 0 Å². The first kappa shape index (κ1) is 17.1. The molecule has 23 heavy (non-hydrogen) atoms. The first-order valence-corrected chi connectivity index (χ1v) is 9.10. The molecule has 0 aromatic heterocycles. The van der Waals surface area contributed by atoms with Crippen molar-refractivity contribution in [2.45, 2.75) is 9.79 Å². The highest BCUT2D eigenvalue weighted by molar-refractivity contribution is 7.99. The van der Waals surface area contributed by atoms with Crippen LogP contribution in [0.25, 0.3) is 0 Å². The molecular weight excluding hydrogens is 334 g/mol. The van der Waals surface area contributed by atoms with Crippen molar-refractivity contribution in [2.24, 2.45) is 0 Å². The smallest absolute Gasteiger partial charge is 0.335 e. The van der Waals surface area contributed by atoms with E-state index in [0.29, 0.717) is 11.4 Å². The minimum Gasteiger partial charge on any atom is -0.478 e. The number of rotatable bonds is 7. The molecule has 0 unspecified atom stereocenters. The average molecular weight is 349 g/mol. The summed E-state index contributed by atoms with van der Waals surface area (Å²) in [5, 5.41) is 8.86. The van der Waals surface area contributed by atoms with Crippen LogP contribution in [-0.4, -0.2) is 25.2 Å². The average Bonchev–Trinajstić information content (AvgIpc) is 2.54. The summed E-state index contributed by atoms with van der Waals surface area (Å²) in [7, 11) is -3.79. The fraction of sp³-hybridized carbons (Fsp3) is 0.0625. The predicted molar refractivity (Wildman–Crippen MR) is 91.6 cm³/mol. The molecule has 0 aliphatic rings. The Morgan fingerprint density at radius 3 is 2.43 bits per heavy atom. The van der Waals surface area contributed by atoms with Crippen LogP contribution in [0, 0.1) is 0 Å². The molecule has 0 amide bonds. The number of nitrogens with one attached hydrogen (secondary N) is 1. The highest BCUT2D eigenvalue weighted by Crippen LogP contribution is 2.28. The number of aromatic carboxylic acids is 1. The van der Waals surface area contributed by atoms with E-state index in [4.69, 9.17) is 5.11 Å². The first-order chi connectivity index (χ1) is 10.9. The number of hydrogen-bond acceptors (Lipinski definition) is 4. The molecule has 0 heterocycles. The number of sulfonamides is 1. The number of thioether (sulfide) groups is 1. The molecule has 2 rings (SSSR count). The van der Waals surface area contributed by atoms with E-state index in [9.17, 15) is 13.2 Å². The van der Waals surface area contributed by atoms with E-state index in [2.05, 4.69) is 11.3 Å². The summed E-state index contributed by atoms with van der Waals surface area (Å²) < 4.78 is 27.4. The molecule has 0 atom stereocenters. The maximum absolute atomic E-state index is 12.4. The Bertz CT molecular complexity index is 814. The first-order valence-electron chi connectivity index (χ1n) is 6.63. The molecule has 2 N–H and O–H groups in total. The summed E-state index contributed by atoms with van der Waals surface area (Å²) in [4.78, 5) is 11.6. The number of anilines is 1. The van der Waals surface area contributed by atoms with Crippen molar-refractivity contribution in [3.63, 3.8) is 0 Å². The van der Waals surface area contributed by atoms with Crippen LogP contribution < -0.4 is 4.72 Å². The van der Waals surface area contributed by atoms with Crippen LogP contribution >= 0.6 is 11.8 Å². The van der Waals surface area contributed by atoms with E-state index in [1.165, 1.54) is 36.0 Å². The van der Waals surface area contributed by atoms with Crippen LogP contribution in [0.5, 0.6) is 0 Å². The van der Waals surface area contributed by atoms with Gasteiger partial charge >= 0.3 is 5.97 Å². The summed E-state index contributed by atoms with van der Waals surface area (Å²) in [5.41, 5.74) is 0.507. The van der Waals surface area contributed by atoms with Gasteiger partial charge in [-0.2, -0.15) is 0 Å². The zero-order valence-corrected chi connectivity index (χ0v) is 13.7. The summed E-state index contributed by atoms with van der Waals surface area (Å²) >= 11 is 1.47. The molecule has 0 saturated heterocycles. The van der Waals surface area contributed by atoms with Gasteiger partial charge < -0.3 is 5.11 Å². The highest BCUT2D eigenvalue weighted by atomic mass is 32.2.